The zero-order valence-electron chi connectivity index (χ0n) is 17.4. The number of nitrogens with zero attached hydrogens (tertiary/aromatic N) is 1. The molecule has 1 heterocycles. The molecular weight excluding hydrogens is 372 g/mol. The summed E-state index contributed by atoms with van der Waals surface area (Å²) in [6.07, 6.45) is 4.50. The summed E-state index contributed by atoms with van der Waals surface area (Å²) < 4.78 is 10.0. The molecule has 0 radical (unpaired) electrons. The molecule has 1 saturated carbocycles. The van der Waals surface area contributed by atoms with Crippen LogP contribution in [0, 0.1) is 0 Å². The molecule has 2 aliphatic rings. The number of benzene rings is 1. The van der Waals surface area contributed by atoms with Gasteiger partial charge in [0.05, 0.1) is 25.2 Å². The Morgan fingerprint density at radius 3 is 2.55 bits per heavy atom. The molecule has 1 aliphatic heterocycles. The van der Waals surface area contributed by atoms with E-state index in [0.29, 0.717) is 18.7 Å². The molecule has 158 valence electrons. The molecule has 7 nitrogen and oxygen atoms in total. The summed E-state index contributed by atoms with van der Waals surface area (Å²) >= 11 is 0. The Morgan fingerprint density at radius 1 is 1.21 bits per heavy atom. The van der Waals surface area contributed by atoms with Crippen molar-refractivity contribution in [1.82, 2.24) is 10.2 Å². The van der Waals surface area contributed by atoms with Crippen molar-refractivity contribution in [3.05, 3.63) is 35.4 Å². The zero-order chi connectivity index (χ0) is 21.0. The van der Waals surface area contributed by atoms with Gasteiger partial charge < -0.3 is 19.7 Å². The van der Waals surface area contributed by atoms with E-state index in [1.54, 1.807) is 20.1 Å². The van der Waals surface area contributed by atoms with Gasteiger partial charge >= 0.3 is 5.97 Å². The first-order valence-electron chi connectivity index (χ1n) is 10.2. The first kappa shape index (κ1) is 21.3. The van der Waals surface area contributed by atoms with E-state index < -0.39 is 23.5 Å². The summed E-state index contributed by atoms with van der Waals surface area (Å²) in [5.74, 6) is -1.33. The smallest absolute Gasteiger partial charge is 0.328 e. The molecule has 1 aromatic carbocycles. The fourth-order valence-electron chi connectivity index (χ4n) is 4.88. The maximum absolute atomic E-state index is 13.5. The van der Waals surface area contributed by atoms with Gasteiger partial charge in [-0.05, 0) is 31.4 Å². The minimum Gasteiger partial charge on any atom is -0.467 e. The van der Waals surface area contributed by atoms with E-state index in [1.165, 1.54) is 7.11 Å². The molecule has 1 aromatic rings. The van der Waals surface area contributed by atoms with Crippen molar-refractivity contribution in [3.63, 3.8) is 0 Å². The van der Waals surface area contributed by atoms with Crippen molar-refractivity contribution in [2.24, 2.45) is 0 Å². The number of hydrogen-bond donors (Lipinski definition) is 1. The average Bonchev–Trinajstić information content (AvgIpc) is 2.73. The van der Waals surface area contributed by atoms with Crippen LogP contribution >= 0.6 is 0 Å². The maximum atomic E-state index is 13.5. The molecule has 1 aliphatic carbocycles. The van der Waals surface area contributed by atoms with E-state index in [0.717, 1.165) is 37.7 Å². The lowest BCUT2D eigenvalue weighted by atomic mass is 9.65. The molecule has 1 unspecified atom stereocenters. The number of nitrogens with one attached hydrogen (secondary N) is 1. The lowest BCUT2D eigenvalue weighted by Crippen LogP contribution is -2.63. The van der Waals surface area contributed by atoms with Crippen molar-refractivity contribution >= 4 is 17.8 Å². The van der Waals surface area contributed by atoms with Gasteiger partial charge in [0.25, 0.3) is 5.91 Å². The minimum atomic E-state index is -0.759. The van der Waals surface area contributed by atoms with Crippen LogP contribution in [0.25, 0.3) is 0 Å². The lowest BCUT2D eigenvalue weighted by Gasteiger charge is -2.53. The summed E-state index contributed by atoms with van der Waals surface area (Å²) in [5.41, 5.74) is 0.676. The number of esters is 1. The highest BCUT2D eigenvalue weighted by Crippen LogP contribution is 2.49. The van der Waals surface area contributed by atoms with Crippen molar-refractivity contribution in [2.45, 2.75) is 56.5 Å². The van der Waals surface area contributed by atoms with Crippen molar-refractivity contribution in [3.8, 4) is 0 Å². The molecule has 2 atom stereocenters. The van der Waals surface area contributed by atoms with Gasteiger partial charge in [-0.3, -0.25) is 9.59 Å². The first-order valence-corrected chi connectivity index (χ1v) is 10.2. The molecule has 2 amide bonds. The van der Waals surface area contributed by atoms with Crippen LogP contribution in [0.2, 0.25) is 0 Å². The number of hydrogen-bond acceptors (Lipinski definition) is 5. The van der Waals surface area contributed by atoms with Gasteiger partial charge in [0.2, 0.25) is 5.91 Å². The minimum absolute atomic E-state index is 0.0513. The Kier molecular flexibility index (Phi) is 6.57. The van der Waals surface area contributed by atoms with Crippen molar-refractivity contribution in [1.29, 1.82) is 0 Å². The van der Waals surface area contributed by atoms with Gasteiger partial charge in [0.1, 0.15) is 6.04 Å². The second-order valence-electron chi connectivity index (χ2n) is 7.89. The van der Waals surface area contributed by atoms with E-state index in [-0.39, 0.29) is 11.8 Å². The zero-order valence-corrected chi connectivity index (χ0v) is 17.4. The number of carbonyl (C=O) groups is 3. The molecule has 7 heteroatoms. The third-order valence-corrected chi connectivity index (χ3v) is 6.24. The molecule has 0 saturated heterocycles. The third kappa shape index (κ3) is 3.88. The van der Waals surface area contributed by atoms with E-state index in [4.69, 9.17) is 9.47 Å². The predicted octanol–water partition coefficient (Wildman–Crippen LogP) is 2.25. The Morgan fingerprint density at radius 2 is 1.90 bits per heavy atom. The third-order valence-electron chi connectivity index (χ3n) is 6.24. The SMILES string of the molecule is COCCN1C(=O)c2ccccc2C(C(=O)N[C@H](C)C(=O)OC)C12CCCCC2. The molecule has 29 heavy (non-hydrogen) atoms. The van der Waals surface area contributed by atoms with Gasteiger partial charge in [-0.15, -0.1) is 0 Å². The molecule has 0 bridgehead atoms. The van der Waals surface area contributed by atoms with Crippen LogP contribution in [0.1, 0.15) is 60.9 Å². The van der Waals surface area contributed by atoms with Crippen LogP contribution in [0.5, 0.6) is 0 Å². The molecule has 3 rings (SSSR count). The van der Waals surface area contributed by atoms with Gasteiger partial charge in [0.15, 0.2) is 0 Å². The largest absolute Gasteiger partial charge is 0.467 e. The Labute approximate surface area is 171 Å². The van der Waals surface area contributed by atoms with Gasteiger partial charge in [-0.2, -0.15) is 0 Å². The average molecular weight is 402 g/mol. The van der Waals surface area contributed by atoms with E-state index in [2.05, 4.69) is 5.32 Å². The van der Waals surface area contributed by atoms with Crippen molar-refractivity contribution in [2.75, 3.05) is 27.4 Å². The molecular formula is C22H30N2O5. The normalized spacial score (nSPS) is 21.4. The highest BCUT2D eigenvalue weighted by atomic mass is 16.5. The molecule has 0 aromatic heterocycles. The lowest BCUT2D eigenvalue weighted by molar-refractivity contribution is -0.145. The number of carbonyl (C=O) groups excluding carboxylic acids is 3. The van der Waals surface area contributed by atoms with Crippen LogP contribution in [0.15, 0.2) is 24.3 Å². The number of rotatable bonds is 6. The van der Waals surface area contributed by atoms with E-state index in [1.807, 2.05) is 23.1 Å². The monoisotopic (exact) mass is 402 g/mol. The Bertz CT molecular complexity index is 772. The number of amides is 2. The second kappa shape index (κ2) is 8.95. The summed E-state index contributed by atoms with van der Waals surface area (Å²) in [7, 11) is 2.91. The first-order chi connectivity index (χ1) is 14.0. The topological polar surface area (TPSA) is 84.9 Å². The second-order valence-corrected chi connectivity index (χ2v) is 7.89. The number of fused-ring (bicyclic) bond motifs is 1. The van der Waals surface area contributed by atoms with Gasteiger partial charge in [0, 0.05) is 19.2 Å². The molecule has 1 N–H and O–H groups in total. The maximum Gasteiger partial charge on any atom is 0.328 e. The van der Waals surface area contributed by atoms with Gasteiger partial charge in [-0.1, -0.05) is 37.5 Å². The van der Waals surface area contributed by atoms with Crippen LogP contribution in [0.4, 0.5) is 0 Å². The van der Waals surface area contributed by atoms with E-state index >= 15 is 0 Å². The van der Waals surface area contributed by atoms with E-state index in [9.17, 15) is 14.4 Å². The standard InChI is InChI=1S/C22H30N2O5/c1-15(21(27)29-3)23-19(25)18-16-9-5-6-10-17(16)20(26)24(13-14-28-2)22(18)11-7-4-8-12-22/h5-6,9-10,15,18H,4,7-8,11-14H2,1-3H3,(H,23,25)/t15-,18?/m1/s1. The van der Waals surface area contributed by atoms with Crippen molar-refractivity contribution < 1.29 is 23.9 Å². The van der Waals surface area contributed by atoms with Crippen LogP contribution in [0.3, 0.4) is 0 Å². The Balaban J connectivity index is 2.07. The Hall–Kier alpha value is -2.41. The predicted molar refractivity (Wildman–Crippen MR) is 108 cm³/mol. The van der Waals surface area contributed by atoms with Crippen LogP contribution in [-0.4, -0.2) is 61.6 Å². The highest BCUT2D eigenvalue weighted by Gasteiger charge is 2.54. The fourth-order valence-corrected chi connectivity index (χ4v) is 4.88. The molecule has 1 spiro atoms. The summed E-state index contributed by atoms with van der Waals surface area (Å²) in [4.78, 5) is 40.6. The summed E-state index contributed by atoms with van der Waals surface area (Å²) in [6.45, 7) is 2.45. The van der Waals surface area contributed by atoms with Gasteiger partial charge in [-0.25, -0.2) is 4.79 Å². The summed E-state index contributed by atoms with van der Waals surface area (Å²) in [6, 6.07) is 6.56. The number of ether oxygens (including phenoxy) is 2. The van der Waals surface area contributed by atoms with Crippen LogP contribution in [-0.2, 0) is 19.1 Å². The summed E-state index contributed by atoms with van der Waals surface area (Å²) in [5, 5.41) is 2.82. The molecule has 1 fully saturated rings. The fraction of sp³-hybridized carbons (Fsp3) is 0.591. The van der Waals surface area contributed by atoms with Crippen LogP contribution < -0.4 is 5.32 Å². The highest BCUT2D eigenvalue weighted by molar-refractivity contribution is 6.02. The number of methoxy groups -OCH3 is 2. The quantitative estimate of drug-likeness (QED) is 0.738.